The van der Waals surface area contributed by atoms with Crippen molar-refractivity contribution in [2.45, 2.75) is 12.5 Å². The zero-order chi connectivity index (χ0) is 23.3. The van der Waals surface area contributed by atoms with E-state index in [2.05, 4.69) is 4.74 Å². The second kappa shape index (κ2) is 10.7. The van der Waals surface area contributed by atoms with E-state index >= 15 is 0 Å². The van der Waals surface area contributed by atoms with E-state index in [-0.39, 0.29) is 48.0 Å². The van der Waals surface area contributed by atoms with Crippen molar-refractivity contribution >= 4 is 40.9 Å². The highest BCUT2D eigenvalue weighted by Crippen LogP contribution is 2.35. The summed E-state index contributed by atoms with van der Waals surface area (Å²) in [6, 6.07) is 2.84. The predicted molar refractivity (Wildman–Crippen MR) is 106 cm³/mol. The van der Waals surface area contributed by atoms with Gasteiger partial charge in [-0.3, -0.25) is 4.90 Å². The van der Waals surface area contributed by atoms with Gasteiger partial charge in [0.05, 0.1) is 29.9 Å². The summed E-state index contributed by atoms with van der Waals surface area (Å²) in [5.41, 5.74) is 0. The van der Waals surface area contributed by atoms with Crippen molar-refractivity contribution in [3.8, 4) is 5.75 Å². The van der Waals surface area contributed by atoms with Crippen LogP contribution in [0.15, 0.2) is 24.2 Å². The lowest BCUT2D eigenvalue weighted by Gasteiger charge is -2.26. The number of nitrogens with zero attached hydrogens (tertiary/aromatic N) is 3. The third kappa shape index (κ3) is 6.83. The molecule has 0 radical (unpaired) electrons. The Kier molecular flexibility index (Phi) is 8.75. The highest BCUT2D eigenvalue weighted by atomic mass is 35.5. The maximum atomic E-state index is 12.8. The highest BCUT2D eigenvalue weighted by molar-refractivity contribution is 6.40. The number of amides is 1. The van der Waals surface area contributed by atoms with E-state index in [1.165, 1.54) is 28.1 Å². The van der Waals surface area contributed by atoms with Crippen LogP contribution in [0.2, 0.25) is 15.1 Å². The van der Waals surface area contributed by atoms with E-state index in [1.807, 2.05) is 0 Å². The molecule has 0 bridgehead atoms. The van der Waals surface area contributed by atoms with Crippen LogP contribution >= 0.6 is 34.8 Å². The monoisotopic (exact) mass is 509 g/mol. The van der Waals surface area contributed by atoms with E-state index in [4.69, 9.17) is 39.5 Å². The number of hydrogen-bond donors (Lipinski definition) is 1. The summed E-state index contributed by atoms with van der Waals surface area (Å²) in [5, 5.41) is 10.2. The van der Waals surface area contributed by atoms with Gasteiger partial charge in [-0.25, -0.2) is 13.6 Å². The van der Waals surface area contributed by atoms with Gasteiger partial charge in [0.15, 0.2) is 5.75 Å². The van der Waals surface area contributed by atoms with Gasteiger partial charge in [-0.1, -0.05) is 34.8 Å². The van der Waals surface area contributed by atoms with Crippen molar-refractivity contribution in [2.75, 3.05) is 40.0 Å². The molecule has 1 heterocycles. The number of hydrogen-bond acceptors (Lipinski definition) is 5. The lowest BCUT2D eigenvalue weighted by molar-refractivity contribution is -0.300. The fourth-order valence-corrected chi connectivity index (χ4v) is 3.56. The van der Waals surface area contributed by atoms with Crippen LogP contribution in [0.3, 0.4) is 0 Å². The summed E-state index contributed by atoms with van der Waals surface area (Å²) < 4.78 is 59.3. The number of carbonyl (C=O) groups is 1. The summed E-state index contributed by atoms with van der Waals surface area (Å²) in [7, 11) is 1.57. The summed E-state index contributed by atoms with van der Waals surface area (Å²) in [5.74, 6) is 0.371. The fourth-order valence-electron chi connectivity index (χ4n) is 2.63. The van der Waals surface area contributed by atoms with Crippen LogP contribution < -0.4 is 4.74 Å². The van der Waals surface area contributed by atoms with Crippen molar-refractivity contribution in [1.82, 2.24) is 14.7 Å². The molecule has 1 aromatic rings. The van der Waals surface area contributed by atoms with Crippen LogP contribution in [-0.2, 0) is 4.74 Å². The third-order valence-corrected chi connectivity index (χ3v) is 4.82. The van der Waals surface area contributed by atoms with Crippen LogP contribution in [0.5, 0.6) is 5.75 Å². The predicted octanol–water partition coefficient (Wildman–Crippen LogP) is 4.88. The lowest BCUT2D eigenvalue weighted by atomic mass is 10.3. The van der Waals surface area contributed by atoms with Crippen molar-refractivity contribution in [2.24, 2.45) is 0 Å². The first-order valence-electron chi connectivity index (χ1n) is 8.67. The van der Waals surface area contributed by atoms with Crippen LogP contribution in [0, 0.1) is 0 Å². The molecule has 0 saturated heterocycles. The molecule has 0 unspecified atom stereocenters. The third-order valence-electron chi connectivity index (χ3n) is 4.04. The Labute approximate surface area is 190 Å². The lowest BCUT2D eigenvalue weighted by Crippen LogP contribution is -2.38. The Hall–Kier alpha value is -1.82. The molecule has 0 aliphatic carbocycles. The van der Waals surface area contributed by atoms with Gasteiger partial charge in [0.2, 0.25) is 0 Å². The Morgan fingerprint density at radius 1 is 1.26 bits per heavy atom. The largest absolute Gasteiger partial charge is 0.489 e. The Morgan fingerprint density at radius 3 is 2.42 bits per heavy atom. The van der Waals surface area contributed by atoms with Gasteiger partial charge in [-0.05, 0) is 12.1 Å². The fraction of sp³-hybridized carbons (Fsp3) is 0.471. The first kappa shape index (κ1) is 25.4. The molecule has 1 N–H and O–H groups in total. The maximum Gasteiger partial charge on any atom is 0.416 e. The average Bonchev–Trinajstić information content (AvgIpc) is 2.99. The molecular formula is C17H18Cl3F4N3O4. The van der Waals surface area contributed by atoms with Gasteiger partial charge in [0.25, 0.3) is 0 Å². The summed E-state index contributed by atoms with van der Waals surface area (Å²) in [6.45, 7) is -0.927. The van der Waals surface area contributed by atoms with Gasteiger partial charge in [-0.2, -0.15) is 8.78 Å². The SMILES string of the molecule is CN1CN(CCOC(F)(F)C(F)F)C=C1N(CCOc1c(Cl)cc(Cl)cc1Cl)C(=O)O. The van der Waals surface area contributed by atoms with Gasteiger partial charge < -0.3 is 24.4 Å². The molecule has 1 aliphatic heterocycles. The molecule has 14 heteroatoms. The molecule has 0 spiro atoms. The zero-order valence-corrected chi connectivity index (χ0v) is 18.3. The normalized spacial score (nSPS) is 14.3. The zero-order valence-electron chi connectivity index (χ0n) is 16.0. The summed E-state index contributed by atoms with van der Waals surface area (Å²) in [4.78, 5) is 15.6. The van der Waals surface area contributed by atoms with Crippen LogP contribution in [0.4, 0.5) is 22.4 Å². The number of benzene rings is 1. The van der Waals surface area contributed by atoms with Crippen LogP contribution in [0.25, 0.3) is 0 Å². The minimum Gasteiger partial charge on any atom is -0.489 e. The minimum atomic E-state index is -4.55. The second-order valence-electron chi connectivity index (χ2n) is 6.33. The van der Waals surface area contributed by atoms with E-state index in [1.54, 1.807) is 7.05 Å². The van der Waals surface area contributed by atoms with Crippen LogP contribution in [0.1, 0.15) is 0 Å². The maximum absolute atomic E-state index is 12.8. The average molecular weight is 511 g/mol. The summed E-state index contributed by atoms with van der Waals surface area (Å²) in [6.07, 6.45) is -8.39. The minimum absolute atomic E-state index is 0.109. The second-order valence-corrected chi connectivity index (χ2v) is 7.58. The molecule has 2 rings (SSSR count). The molecule has 1 amide bonds. The first-order valence-corrected chi connectivity index (χ1v) is 9.80. The first-order chi connectivity index (χ1) is 14.4. The molecule has 0 atom stereocenters. The number of rotatable bonds is 10. The van der Waals surface area contributed by atoms with E-state index in [0.29, 0.717) is 5.02 Å². The van der Waals surface area contributed by atoms with Gasteiger partial charge in [0, 0.05) is 24.8 Å². The molecule has 0 fully saturated rings. The van der Waals surface area contributed by atoms with Gasteiger partial charge >= 0.3 is 18.6 Å². The van der Waals surface area contributed by atoms with Crippen molar-refractivity contribution in [3.63, 3.8) is 0 Å². The van der Waals surface area contributed by atoms with Crippen molar-refractivity contribution in [3.05, 3.63) is 39.2 Å². The Morgan fingerprint density at radius 2 is 1.87 bits per heavy atom. The van der Waals surface area contributed by atoms with E-state index < -0.39 is 25.2 Å². The Bertz CT molecular complexity index is 809. The number of ether oxygens (including phenoxy) is 2. The number of halogens is 7. The standard InChI is InChI=1S/C17H18Cl3F4N3O4/c1-25-9-26(2-5-31-17(23,24)15(21)22)8-13(25)27(16(28)29)3-4-30-14-11(19)6-10(18)7-12(14)20/h6-8,15H,2-5,9H2,1H3,(H,28,29). The number of carboxylic acid groups (broad SMARTS) is 1. The van der Waals surface area contributed by atoms with Crippen molar-refractivity contribution in [1.29, 1.82) is 0 Å². The molecule has 1 aliphatic rings. The summed E-state index contributed by atoms with van der Waals surface area (Å²) >= 11 is 17.9. The van der Waals surface area contributed by atoms with Gasteiger partial charge in [-0.15, -0.1) is 0 Å². The van der Waals surface area contributed by atoms with Crippen LogP contribution in [-0.4, -0.2) is 78.5 Å². The molecule has 0 saturated carbocycles. The molecule has 0 aromatic heterocycles. The quantitative estimate of drug-likeness (QED) is 0.453. The molecule has 174 valence electrons. The van der Waals surface area contributed by atoms with Crippen molar-refractivity contribution < 1.29 is 36.9 Å². The smallest absolute Gasteiger partial charge is 0.416 e. The topological polar surface area (TPSA) is 65.5 Å². The Balaban J connectivity index is 1.97. The number of alkyl halides is 4. The molecule has 7 nitrogen and oxygen atoms in total. The van der Waals surface area contributed by atoms with E-state index in [0.717, 1.165) is 4.90 Å². The highest BCUT2D eigenvalue weighted by Gasteiger charge is 2.42. The van der Waals surface area contributed by atoms with Gasteiger partial charge in [0.1, 0.15) is 12.4 Å². The molecular weight excluding hydrogens is 493 g/mol. The molecule has 1 aromatic carbocycles. The molecule has 31 heavy (non-hydrogen) atoms. The van der Waals surface area contributed by atoms with E-state index in [9.17, 15) is 27.5 Å².